The quantitative estimate of drug-likeness (QED) is 0.606. The van der Waals surface area contributed by atoms with Gasteiger partial charge in [-0.15, -0.1) is 11.8 Å². The average Bonchev–Trinajstić information content (AvgIpc) is 2.25. The summed E-state index contributed by atoms with van der Waals surface area (Å²) >= 11 is 0. The Morgan fingerprint density at radius 2 is 2.31 bits per heavy atom. The first-order valence-corrected chi connectivity index (χ1v) is 4.82. The van der Waals surface area contributed by atoms with E-state index in [0.29, 0.717) is 13.0 Å². The second kappa shape index (κ2) is 5.76. The fourth-order valence-corrected chi connectivity index (χ4v) is 1.26. The molecule has 0 bridgehead atoms. The molecule has 1 aromatic carbocycles. The van der Waals surface area contributed by atoms with Crippen molar-refractivity contribution in [2.24, 2.45) is 0 Å². The van der Waals surface area contributed by atoms with Gasteiger partial charge < -0.3 is 10.4 Å². The summed E-state index contributed by atoms with van der Waals surface area (Å²) in [6.45, 7) is 2.13. The van der Waals surface area contributed by atoms with Crippen LogP contribution in [0.15, 0.2) is 18.2 Å². The van der Waals surface area contributed by atoms with Crippen LogP contribution in [0, 0.1) is 17.7 Å². The normalized spacial score (nSPS) is 9.12. The average molecular weight is 221 g/mol. The summed E-state index contributed by atoms with van der Waals surface area (Å²) in [5.41, 5.74) is -0.0441. The summed E-state index contributed by atoms with van der Waals surface area (Å²) in [6, 6.07) is 3.95. The number of aromatic carboxylic acids is 1. The molecule has 0 aliphatic carbocycles. The maximum atomic E-state index is 13.4. The first kappa shape index (κ1) is 12.1. The highest BCUT2D eigenvalue weighted by molar-refractivity contribution is 5.94. The van der Waals surface area contributed by atoms with Gasteiger partial charge in [0.2, 0.25) is 0 Å². The lowest BCUT2D eigenvalue weighted by atomic mass is 10.1. The summed E-state index contributed by atoms with van der Waals surface area (Å²) in [5, 5.41) is 11.6. The second-order valence-electron chi connectivity index (χ2n) is 3.07. The van der Waals surface area contributed by atoms with Crippen molar-refractivity contribution in [3.63, 3.8) is 0 Å². The number of rotatable bonds is 4. The second-order valence-corrected chi connectivity index (χ2v) is 3.07. The van der Waals surface area contributed by atoms with E-state index in [4.69, 9.17) is 5.11 Å². The number of benzene rings is 1. The lowest BCUT2D eigenvalue weighted by Crippen LogP contribution is -2.09. The lowest BCUT2D eigenvalue weighted by molar-refractivity contribution is 0.0697. The minimum absolute atomic E-state index is 0.0212. The standard InChI is InChI=1S/C12H12FNO2/c1-2-3-4-8-14-11-9(12(15)16)6-5-7-10(11)13/h5-7,14H,4,8H2,1H3,(H,15,16). The molecule has 3 nitrogen and oxygen atoms in total. The van der Waals surface area contributed by atoms with Gasteiger partial charge in [0.25, 0.3) is 0 Å². The first-order valence-electron chi connectivity index (χ1n) is 4.82. The zero-order chi connectivity index (χ0) is 12.0. The van der Waals surface area contributed by atoms with Crippen LogP contribution < -0.4 is 5.32 Å². The minimum atomic E-state index is -1.15. The van der Waals surface area contributed by atoms with Gasteiger partial charge in [-0.1, -0.05) is 6.07 Å². The van der Waals surface area contributed by atoms with Crippen molar-refractivity contribution >= 4 is 11.7 Å². The van der Waals surface area contributed by atoms with Crippen LogP contribution in [0.4, 0.5) is 10.1 Å². The van der Waals surface area contributed by atoms with Crippen molar-refractivity contribution in [2.45, 2.75) is 13.3 Å². The summed E-state index contributed by atoms with van der Waals surface area (Å²) < 4.78 is 13.4. The van der Waals surface area contributed by atoms with Gasteiger partial charge in [-0.2, -0.15) is 0 Å². The third-order valence-electron chi connectivity index (χ3n) is 1.97. The van der Waals surface area contributed by atoms with Crippen LogP contribution in [0.5, 0.6) is 0 Å². The Morgan fingerprint density at radius 1 is 1.56 bits per heavy atom. The number of carboxylic acids is 1. The van der Waals surface area contributed by atoms with E-state index in [1.807, 2.05) is 0 Å². The fraction of sp³-hybridized carbons (Fsp3) is 0.250. The van der Waals surface area contributed by atoms with Gasteiger partial charge >= 0.3 is 5.97 Å². The molecule has 84 valence electrons. The molecule has 1 rings (SSSR count). The van der Waals surface area contributed by atoms with Crippen LogP contribution in [-0.4, -0.2) is 17.6 Å². The van der Waals surface area contributed by atoms with Gasteiger partial charge in [-0.05, 0) is 19.1 Å². The van der Waals surface area contributed by atoms with Gasteiger partial charge in [0.05, 0.1) is 11.3 Å². The van der Waals surface area contributed by atoms with E-state index in [2.05, 4.69) is 17.2 Å². The molecule has 0 heterocycles. The molecule has 4 heteroatoms. The number of hydrogen-bond acceptors (Lipinski definition) is 2. The molecule has 0 aliphatic heterocycles. The van der Waals surface area contributed by atoms with Crippen molar-refractivity contribution in [3.05, 3.63) is 29.6 Å². The lowest BCUT2D eigenvalue weighted by Gasteiger charge is -2.08. The zero-order valence-electron chi connectivity index (χ0n) is 8.88. The van der Waals surface area contributed by atoms with E-state index < -0.39 is 11.8 Å². The molecular weight excluding hydrogens is 209 g/mol. The summed E-state index contributed by atoms with van der Waals surface area (Å²) in [7, 11) is 0. The topological polar surface area (TPSA) is 49.3 Å². The summed E-state index contributed by atoms with van der Waals surface area (Å²) in [6.07, 6.45) is 0.546. The first-order chi connectivity index (χ1) is 7.66. The molecule has 0 atom stereocenters. The molecular formula is C12H12FNO2. The highest BCUT2D eigenvalue weighted by Crippen LogP contribution is 2.19. The molecule has 0 aromatic heterocycles. The van der Waals surface area contributed by atoms with Gasteiger partial charge in [0.15, 0.2) is 0 Å². The minimum Gasteiger partial charge on any atom is -0.478 e. The Kier molecular flexibility index (Phi) is 4.34. The van der Waals surface area contributed by atoms with Crippen LogP contribution in [-0.2, 0) is 0 Å². The van der Waals surface area contributed by atoms with Crippen molar-refractivity contribution in [1.82, 2.24) is 0 Å². The van der Waals surface area contributed by atoms with Crippen molar-refractivity contribution in [3.8, 4) is 11.8 Å². The Labute approximate surface area is 93.3 Å². The molecule has 0 spiro atoms. The SMILES string of the molecule is CC#CCCNc1c(F)cccc1C(=O)O. The third-order valence-corrected chi connectivity index (χ3v) is 1.97. The molecule has 0 saturated heterocycles. The van der Waals surface area contributed by atoms with Crippen LogP contribution >= 0.6 is 0 Å². The highest BCUT2D eigenvalue weighted by Gasteiger charge is 2.12. The number of anilines is 1. The number of halogens is 1. The molecule has 0 unspecified atom stereocenters. The van der Waals surface area contributed by atoms with E-state index in [-0.39, 0.29) is 11.3 Å². The molecule has 0 aliphatic rings. The van der Waals surface area contributed by atoms with E-state index in [1.165, 1.54) is 18.2 Å². The van der Waals surface area contributed by atoms with E-state index in [1.54, 1.807) is 6.92 Å². The van der Waals surface area contributed by atoms with Crippen molar-refractivity contribution in [1.29, 1.82) is 0 Å². The van der Waals surface area contributed by atoms with Gasteiger partial charge in [0, 0.05) is 13.0 Å². The maximum Gasteiger partial charge on any atom is 0.337 e. The van der Waals surface area contributed by atoms with Crippen molar-refractivity contribution in [2.75, 3.05) is 11.9 Å². The Morgan fingerprint density at radius 3 is 2.94 bits per heavy atom. The van der Waals surface area contributed by atoms with Crippen molar-refractivity contribution < 1.29 is 14.3 Å². The Balaban J connectivity index is 2.83. The summed E-state index contributed by atoms with van der Waals surface area (Å²) in [5.74, 6) is 3.80. The number of carboxylic acid groups (broad SMARTS) is 1. The van der Waals surface area contributed by atoms with E-state index in [9.17, 15) is 9.18 Å². The maximum absolute atomic E-state index is 13.4. The third kappa shape index (κ3) is 2.99. The number of nitrogens with one attached hydrogen (secondary N) is 1. The Hall–Kier alpha value is -2.02. The monoisotopic (exact) mass is 221 g/mol. The predicted molar refractivity (Wildman–Crippen MR) is 59.9 cm³/mol. The van der Waals surface area contributed by atoms with Gasteiger partial charge in [-0.25, -0.2) is 9.18 Å². The molecule has 0 amide bonds. The van der Waals surface area contributed by atoms with E-state index in [0.717, 1.165) is 0 Å². The number of hydrogen-bond donors (Lipinski definition) is 2. The predicted octanol–water partition coefficient (Wildman–Crippen LogP) is 2.35. The fourth-order valence-electron chi connectivity index (χ4n) is 1.26. The Bertz CT molecular complexity index is 446. The van der Waals surface area contributed by atoms with Crippen LogP contribution in [0.1, 0.15) is 23.7 Å². The zero-order valence-corrected chi connectivity index (χ0v) is 8.88. The van der Waals surface area contributed by atoms with Crippen LogP contribution in [0.25, 0.3) is 0 Å². The number of carbonyl (C=O) groups is 1. The van der Waals surface area contributed by atoms with Gasteiger partial charge in [-0.3, -0.25) is 0 Å². The largest absolute Gasteiger partial charge is 0.478 e. The van der Waals surface area contributed by atoms with E-state index >= 15 is 0 Å². The highest BCUT2D eigenvalue weighted by atomic mass is 19.1. The molecule has 16 heavy (non-hydrogen) atoms. The smallest absolute Gasteiger partial charge is 0.337 e. The molecule has 0 saturated carbocycles. The van der Waals surface area contributed by atoms with Crippen LogP contribution in [0.2, 0.25) is 0 Å². The number of para-hydroxylation sites is 1. The summed E-state index contributed by atoms with van der Waals surface area (Å²) in [4.78, 5) is 10.8. The van der Waals surface area contributed by atoms with Gasteiger partial charge in [0.1, 0.15) is 5.82 Å². The molecule has 0 radical (unpaired) electrons. The molecule has 1 aromatic rings. The van der Waals surface area contributed by atoms with Crippen LogP contribution in [0.3, 0.4) is 0 Å². The molecule has 0 fully saturated rings. The molecule has 2 N–H and O–H groups in total.